The zero-order valence-electron chi connectivity index (χ0n) is 9.75. The molecule has 88 valence electrons. The van der Waals surface area contributed by atoms with E-state index < -0.39 is 0 Å². The third-order valence-corrected chi connectivity index (χ3v) is 3.63. The highest BCUT2D eigenvalue weighted by atomic mass is 35.5. The molecule has 1 unspecified atom stereocenters. The molecule has 0 spiro atoms. The molecular weight excluding hydrogens is 220 g/mol. The first-order valence-corrected chi connectivity index (χ1v) is 6.42. The number of nitrogens with two attached hydrogens (primary N) is 1. The molecule has 1 saturated heterocycles. The maximum absolute atomic E-state index is 6.04. The lowest BCUT2D eigenvalue weighted by Crippen LogP contribution is -2.39. The monoisotopic (exact) mass is 238 g/mol. The van der Waals surface area contributed by atoms with Crippen LogP contribution in [0.4, 0.5) is 11.4 Å². The molecule has 0 aromatic heterocycles. The van der Waals surface area contributed by atoms with Crippen LogP contribution >= 0.6 is 11.6 Å². The number of halogens is 1. The highest BCUT2D eigenvalue weighted by molar-refractivity contribution is 6.31. The minimum Gasteiger partial charge on any atom is -0.397 e. The molecule has 1 heterocycles. The van der Waals surface area contributed by atoms with Crippen LogP contribution in [0.15, 0.2) is 18.2 Å². The first kappa shape index (κ1) is 11.6. The van der Waals surface area contributed by atoms with Gasteiger partial charge in [0.05, 0.1) is 11.4 Å². The second-order valence-electron chi connectivity index (χ2n) is 4.45. The van der Waals surface area contributed by atoms with E-state index in [0.717, 1.165) is 17.9 Å². The Hall–Kier alpha value is -0.890. The average Bonchev–Trinajstić information content (AvgIpc) is 2.29. The Labute approximate surface area is 102 Å². The summed E-state index contributed by atoms with van der Waals surface area (Å²) in [4.78, 5) is 2.44. The van der Waals surface area contributed by atoms with Gasteiger partial charge >= 0.3 is 0 Å². The largest absolute Gasteiger partial charge is 0.397 e. The van der Waals surface area contributed by atoms with Crippen molar-refractivity contribution < 1.29 is 0 Å². The highest BCUT2D eigenvalue weighted by Gasteiger charge is 2.22. The smallest absolute Gasteiger partial charge is 0.0603 e. The molecule has 0 radical (unpaired) electrons. The molecule has 0 saturated carbocycles. The number of piperidine rings is 1. The van der Waals surface area contributed by atoms with Gasteiger partial charge in [-0.05, 0) is 43.9 Å². The third-order valence-electron chi connectivity index (χ3n) is 3.40. The molecule has 0 amide bonds. The Bertz CT molecular complexity index is 365. The zero-order chi connectivity index (χ0) is 11.5. The quantitative estimate of drug-likeness (QED) is 0.797. The molecule has 3 heteroatoms. The highest BCUT2D eigenvalue weighted by Crippen LogP contribution is 2.32. The van der Waals surface area contributed by atoms with E-state index in [2.05, 4.69) is 11.8 Å². The molecule has 1 aromatic rings. The maximum atomic E-state index is 6.04. The van der Waals surface area contributed by atoms with Crippen LogP contribution in [0.2, 0.25) is 5.02 Å². The first-order valence-electron chi connectivity index (χ1n) is 6.04. The number of anilines is 2. The van der Waals surface area contributed by atoms with Gasteiger partial charge in [0.1, 0.15) is 0 Å². The molecule has 1 aliphatic heterocycles. The fourth-order valence-corrected chi connectivity index (χ4v) is 2.71. The van der Waals surface area contributed by atoms with Crippen LogP contribution in [0.1, 0.15) is 32.6 Å². The molecule has 2 rings (SSSR count). The SMILES string of the molecule is CCC1CCCCN1c1ccc(Cl)cc1N. The summed E-state index contributed by atoms with van der Waals surface area (Å²) in [7, 11) is 0. The number of rotatable bonds is 2. The zero-order valence-corrected chi connectivity index (χ0v) is 10.5. The summed E-state index contributed by atoms with van der Waals surface area (Å²) in [5.74, 6) is 0. The first-order chi connectivity index (χ1) is 7.72. The molecule has 2 N–H and O–H groups in total. The number of nitrogen functional groups attached to an aromatic ring is 1. The molecular formula is C13H19ClN2. The van der Waals surface area contributed by atoms with E-state index >= 15 is 0 Å². The van der Waals surface area contributed by atoms with Crippen LogP contribution in [0.25, 0.3) is 0 Å². The fourth-order valence-electron chi connectivity index (χ4n) is 2.53. The van der Waals surface area contributed by atoms with E-state index in [4.69, 9.17) is 17.3 Å². The van der Waals surface area contributed by atoms with Crippen molar-refractivity contribution in [1.82, 2.24) is 0 Å². The Kier molecular flexibility index (Phi) is 3.59. The second kappa shape index (κ2) is 4.96. The van der Waals surface area contributed by atoms with Crippen LogP contribution in [0, 0.1) is 0 Å². The predicted molar refractivity (Wildman–Crippen MR) is 71.1 cm³/mol. The van der Waals surface area contributed by atoms with Crippen molar-refractivity contribution >= 4 is 23.0 Å². The van der Waals surface area contributed by atoms with Crippen molar-refractivity contribution in [3.05, 3.63) is 23.2 Å². The molecule has 0 aliphatic carbocycles. The van der Waals surface area contributed by atoms with Gasteiger partial charge in [-0.3, -0.25) is 0 Å². The van der Waals surface area contributed by atoms with Gasteiger partial charge in [-0.25, -0.2) is 0 Å². The molecule has 1 atom stereocenters. The lowest BCUT2D eigenvalue weighted by atomic mass is 9.99. The van der Waals surface area contributed by atoms with Crippen molar-refractivity contribution in [2.75, 3.05) is 17.2 Å². The van der Waals surface area contributed by atoms with Crippen molar-refractivity contribution in [3.8, 4) is 0 Å². The van der Waals surface area contributed by atoms with Crippen molar-refractivity contribution in [2.24, 2.45) is 0 Å². The summed E-state index contributed by atoms with van der Waals surface area (Å²) < 4.78 is 0. The summed E-state index contributed by atoms with van der Waals surface area (Å²) in [6.45, 7) is 3.36. The summed E-state index contributed by atoms with van der Waals surface area (Å²) in [5, 5.41) is 0.714. The molecule has 1 fully saturated rings. The van der Waals surface area contributed by atoms with Gasteiger partial charge in [0.25, 0.3) is 0 Å². The van der Waals surface area contributed by atoms with E-state index in [1.165, 1.54) is 25.7 Å². The standard InChI is InChI=1S/C13H19ClN2/c1-2-11-5-3-4-8-16(11)13-7-6-10(14)9-12(13)15/h6-7,9,11H,2-5,8,15H2,1H3. The van der Waals surface area contributed by atoms with Gasteiger partial charge in [0, 0.05) is 17.6 Å². The van der Waals surface area contributed by atoms with Gasteiger partial charge in [0.2, 0.25) is 0 Å². The van der Waals surface area contributed by atoms with Crippen molar-refractivity contribution in [3.63, 3.8) is 0 Å². The lowest BCUT2D eigenvalue weighted by Gasteiger charge is -2.37. The summed E-state index contributed by atoms with van der Waals surface area (Å²) >= 11 is 5.93. The van der Waals surface area contributed by atoms with Crippen LogP contribution in [0.5, 0.6) is 0 Å². The van der Waals surface area contributed by atoms with Crippen molar-refractivity contribution in [2.45, 2.75) is 38.6 Å². The Morgan fingerprint density at radius 2 is 2.25 bits per heavy atom. The number of hydrogen-bond donors (Lipinski definition) is 1. The van der Waals surface area contributed by atoms with E-state index in [0.29, 0.717) is 11.1 Å². The fraction of sp³-hybridized carbons (Fsp3) is 0.538. The second-order valence-corrected chi connectivity index (χ2v) is 4.89. The van der Waals surface area contributed by atoms with Crippen molar-refractivity contribution in [1.29, 1.82) is 0 Å². The van der Waals surface area contributed by atoms with Crippen LogP contribution in [0.3, 0.4) is 0 Å². The Morgan fingerprint density at radius 3 is 2.94 bits per heavy atom. The summed E-state index contributed by atoms with van der Waals surface area (Å²) in [6.07, 6.45) is 5.06. The van der Waals surface area contributed by atoms with E-state index in [-0.39, 0.29) is 0 Å². The summed E-state index contributed by atoms with van der Waals surface area (Å²) in [6, 6.07) is 6.45. The van der Waals surface area contributed by atoms with Gasteiger partial charge < -0.3 is 10.6 Å². The molecule has 16 heavy (non-hydrogen) atoms. The Morgan fingerprint density at radius 1 is 1.44 bits per heavy atom. The van der Waals surface area contributed by atoms with Crippen LogP contribution in [-0.4, -0.2) is 12.6 Å². The van der Waals surface area contributed by atoms with Gasteiger partial charge in [0.15, 0.2) is 0 Å². The summed E-state index contributed by atoms with van der Waals surface area (Å²) in [5.41, 5.74) is 7.99. The number of hydrogen-bond acceptors (Lipinski definition) is 2. The molecule has 0 bridgehead atoms. The van der Waals surface area contributed by atoms with Crippen LogP contribution < -0.4 is 10.6 Å². The number of nitrogens with zero attached hydrogens (tertiary/aromatic N) is 1. The molecule has 1 aliphatic rings. The topological polar surface area (TPSA) is 29.3 Å². The van der Waals surface area contributed by atoms with E-state index in [1.54, 1.807) is 0 Å². The van der Waals surface area contributed by atoms with Crippen LogP contribution in [-0.2, 0) is 0 Å². The van der Waals surface area contributed by atoms with E-state index in [1.807, 2.05) is 18.2 Å². The minimum absolute atomic E-state index is 0.636. The van der Waals surface area contributed by atoms with Gasteiger partial charge in [-0.2, -0.15) is 0 Å². The average molecular weight is 239 g/mol. The predicted octanol–water partition coefficient (Wildman–Crippen LogP) is 3.69. The maximum Gasteiger partial charge on any atom is 0.0603 e. The third kappa shape index (κ3) is 2.27. The lowest BCUT2D eigenvalue weighted by molar-refractivity contribution is 0.450. The number of benzene rings is 1. The normalized spacial score (nSPS) is 21.1. The Balaban J connectivity index is 2.27. The minimum atomic E-state index is 0.636. The molecule has 1 aromatic carbocycles. The molecule has 2 nitrogen and oxygen atoms in total. The van der Waals surface area contributed by atoms with Gasteiger partial charge in [-0.15, -0.1) is 0 Å². The van der Waals surface area contributed by atoms with E-state index in [9.17, 15) is 0 Å². The van der Waals surface area contributed by atoms with Gasteiger partial charge in [-0.1, -0.05) is 18.5 Å².